The summed E-state index contributed by atoms with van der Waals surface area (Å²) in [4.78, 5) is 23.7. The molecule has 1 amide bonds. The van der Waals surface area contributed by atoms with E-state index in [1.54, 1.807) is 0 Å². The summed E-state index contributed by atoms with van der Waals surface area (Å²) in [5.41, 5.74) is 0.509. The van der Waals surface area contributed by atoms with E-state index in [2.05, 4.69) is 4.99 Å². The molecule has 0 saturated heterocycles. The van der Waals surface area contributed by atoms with Crippen LogP contribution in [0.4, 0.5) is 0 Å². The molecular weight excluding hydrogens is 130 g/mol. The van der Waals surface area contributed by atoms with Crippen molar-refractivity contribution in [2.24, 2.45) is 4.99 Å². The Balaban J connectivity index is 2.80. The second kappa shape index (κ2) is 2.87. The summed E-state index contributed by atoms with van der Waals surface area (Å²) < 4.78 is 0. The van der Waals surface area contributed by atoms with Gasteiger partial charge in [-0.25, -0.2) is 4.99 Å². The van der Waals surface area contributed by atoms with E-state index in [1.807, 2.05) is 0 Å². The third-order valence-corrected chi connectivity index (χ3v) is 1.04. The first kappa shape index (κ1) is 6.61. The number of rotatable bonds is 1. The smallest absolute Gasteiger partial charge is 0.233 e. The minimum Gasteiger partial charge on any atom is -0.290 e. The second-order valence-corrected chi connectivity index (χ2v) is 1.73. The molecule has 10 heavy (non-hydrogen) atoms. The lowest BCUT2D eigenvalue weighted by Crippen LogP contribution is -1.98. The minimum atomic E-state index is -0.0788. The number of carbonyl (C=O) groups excluding carboxylic acids is 2. The number of nitrogens with zero attached hydrogens (tertiary/aromatic N) is 1. The Bertz CT molecular complexity index is 230. The molecule has 0 bridgehead atoms. The number of aliphatic imine (C=N–C) groups is 1. The van der Waals surface area contributed by atoms with Gasteiger partial charge in [0.25, 0.3) is 0 Å². The average molecular weight is 135 g/mol. The van der Waals surface area contributed by atoms with Crippen molar-refractivity contribution in [3.8, 4) is 0 Å². The molecule has 0 aromatic rings. The molecule has 0 aromatic carbocycles. The Morgan fingerprint density at radius 3 is 2.30 bits per heavy atom. The molecule has 1 aliphatic carbocycles. The lowest BCUT2D eigenvalue weighted by atomic mass is 10.2. The lowest BCUT2D eigenvalue weighted by molar-refractivity contribution is -0.110. The third-order valence-electron chi connectivity index (χ3n) is 1.04. The van der Waals surface area contributed by atoms with Crippen molar-refractivity contribution in [3.63, 3.8) is 0 Å². The molecule has 0 fully saturated rings. The van der Waals surface area contributed by atoms with Crippen LogP contribution in [-0.2, 0) is 9.59 Å². The van der Waals surface area contributed by atoms with E-state index in [4.69, 9.17) is 0 Å². The Kier molecular flexibility index (Phi) is 1.89. The molecule has 0 atom stereocenters. The standard InChI is InChI=1S/C7H5NO2/c9-5-8-6-1-3-7(10)4-2-6/h1-5H. The summed E-state index contributed by atoms with van der Waals surface area (Å²) >= 11 is 0. The van der Waals surface area contributed by atoms with Crippen molar-refractivity contribution in [1.29, 1.82) is 0 Å². The van der Waals surface area contributed by atoms with E-state index < -0.39 is 0 Å². The van der Waals surface area contributed by atoms with Crippen LogP contribution in [0.5, 0.6) is 0 Å². The molecule has 50 valence electrons. The molecule has 0 saturated carbocycles. The fourth-order valence-corrected chi connectivity index (χ4v) is 0.593. The van der Waals surface area contributed by atoms with E-state index in [-0.39, 0.29) is 5.78 Å². The van der Waals surface area contributed by atoms with Crippen LogP contribution in [0, 0.1) is 0 Å². The highest BCUT2D eigenvalue weighted by atomic mass is 16.1. The van der Waals surface area contributed by atoms with Gasteiger partial charge in [-0.3, -0.25) is 9.59 Å². The second-order valence-electron chi connectivity index (χ2n) is 1.73. The highest BCUT2D eigenvalue weighted by Crippen LogP contribution is 1.93. The predicted molar refractivity (Wildman–Crippen MR) is 36.8 cm³/mol. The van der Waals surface area contributed by atoms with Crippen molar-refractivity contribution in [2.45, 2.75) is 0 Å². The molecule has 0 heterocycles. The zero-order chi connectivity index (χ0) is 7.40. The average Bonchev–Trinajstić information content (AvgIpc) is 1.95. The van der Waals surface area contributed by atoms with E-state index in [1.165, 1.54) is 24.3 Å². The summed E-state index contributed by atoms with van der Waals surface area (Å²) in [5, 5.41) is 0. The summed E-state index contributed by atoms with van der Waals surface area (Å²) in [5.74, 6) is -0.0788. The van der Waals surface area contributed by atoms with E-state index in [9.17, 15) is 9.59 Å². The maximum Gasteiger partial charge on any atom is 0.233 e. The number of hydrogen-bond acceptors (Lipinski definition) is 2. The Labute approximate surface area is 57.8 Å². The molecule has 1 rings (SSSR count). The van der Waals surface area contributed by atoms with Crippen LogP contribution in [0.2, 0.25) is 0 Å². The highest BCUT2D eigenvalue weighted by Gasteiger charge is 1.97. The first-order valence-corrected chi connectivity index (χ1v) is 2.74. The fraction of sp³-hybridized carbons (Fsp3) is 0. The molecule has 3 nitrogen and oxygen atoms in total. The number of amides is 1. The molecular formula is C7H5NO2. The van der Waals surface area contributed by atoms with Crippen LogP contribution < -0.4 is 0 Å². The molecule has 0 spiro atoms. The van der Waals surface area contributed by atoms with Gasteiger partial charge in [-0.1, -0.05) is 0 Å². The quantitative estimate of drug-likeness (QED) is 0.383. The van der Waals surface area contributed by atoms with Crippen molar-refractivity contribution in [2.75, 3.05) is 0 Å². The van der Waals surface area contributed by atoms with E-state index in [0.29, 0.717) is 12.1 Å². The number of ketones is 1. The van der Waals surface area contributed by atoms with Gasteiger partial charge in [-0.05, 0) is 24.3 Å². The van der Waals surface area contributed by atoms with Gasteiger partial charge < -0.3 is 0 Å². The van der Waals surface area contributed by atoms with Gasteiger partial charge in [0.05, 0.1) is 5.71 Å². The van der Waals surface area contributed by atoms with Gasteiger partial charge in [-0.15, -0.1) is 0 Å². The SMILES string of the molecule is O=CN=C1C=CC(=O)C=C1. The monoisotopic (exact) mass is 135 g/mol. The first-order valence-electron chi connectivity index (χ1n) is 2.74. The van der Waals surface area contributed by atoms with Gasteiger partial charge in [0.15, 0.2) is 5.78 Å². The fourth-order valence-electron chi connectivity index (χ4n) is 0.593. The van der Waals surface area contributed by atoms with Crippen LogP contribution in [0.25, 0.3) is 0 Å². The van der Waals surface area contributed by atoms with Gasteiger partial charge in [0, 0.05) is 0 Å². The zero-order valence-corrected chi connectivity index (χ0v) is 5.15. The largest absolute Gasteiger partial charge is 0.290 e. The molecule has 3 heteroatoms. The summed E-state index contributed by atoms with van der Waals surface area (Å²) in [6.45, 7) is 0. The number of hydrogen-bond donors (Lipinski definition) is 0. The topological polar surface area (TPSA) is 46.5 Å². The predicted octanol–water partition coefficient (Wildman–Crippen LogP) is 0.279. The van der Waals surface area contributed by atoms with E-state index >= 15 is 0 Å². The molecule has 0 radical (unpaired) electrons. The molecule has 1 aliphatic rings. The molecule has 0 N–H and O–H groups in total. The van der Waals surface area contributed by atoms with Crippen LogP contribution in [0.1, 0.15) is 0 Å². The van der Waals surface area contributed by atoms with Crippen LogP contribution >= 0.6 is 0 Å². The first-order chi connectivity index (χ1) is 4.83. The van der Waals surface area contributed by atoms with Crippen LogP contribution in [-0.4, -0.2) is 17.9 Å². The molecule has 0 unspecified atom stereocenters. The van der Waals surface area contributed by atoms with Crippen LogP contribution in [0.15, 0.2) is 29.3 Å². The Morgan fingerprint density at radius 1 is 1.20 bits per heavy atom. The molecule has 0 aromatic heterocycles. The van der Waals surface area contributed by atoms with Crippen molar-refractivity contribution >= 4 is 17.9 Å². The Hall–Kier alpha value is -1.51. The maximum absolute atomic E-state index is 10.5. The van der Waals surface area contributed by atoms with Gasteiger partial charge >= 0.3 is 0 Å². The summed E-state index contributed by atoms with van der Waals surface area (Å²) in [6.07, 6.45) is 6.16. The zero-order valence-electron chi connectivity index (χ0n) is 5.15. The third kappa shape index (κ3) is 1.48. The van der Waals surface area contributed by atoms with Crippen molar-refractivity contribution in [1.82, 2.24) is 0 Å². The lowest BCUT2D eigenvalue weighted by Gasteiger charge is -1.93. The number of allylic oxidation sites excluding steroid dienone is 4. The Morgan fingerprint density at radius 2 is 1.80 bits per heavy atom. The van der Waals surface area contributed by atoms with Gasteiger partial charge in [-0.2, -0.15) is 0 Å². The summed E-state index contributed by atoms with van der Waals surface area (Å²) in [7, 11) is 0. The minimum absolute atomic E-state index is 0.0788. The maximum atomic E-state index is 10.5. The van der Waals surface area contributed by atoms with Crippen molar-refractivity contribution < 1.29 is 9.59 Å². The normalized spacial score (nSPS) is 15.6. The van der Waals surface area contributed by atoms with Crippen molar-refractivity contribution in [3.05, 3.63) is 24.3 Å². The number of carbonyl (C=O) groups is 2. The molecule has 0 aliphatic heterocycles. The highest BCUT2D eigenvalue weighted by molar-refractivity contribution is 6.17. The van der Waals surface area contributed by atoms with Gasteiger partial charge in [0.1, 0.15) is 0 Å². The van der Waals surface area contributed by atoms with Crippen LogP contribution in [0.3, 0.4) is 0 Å². The summed E-state index contributed by atoms with van der Waals surface area (Å²) in [6, 6.07) is 0. The van der Waals surface area contributed by atoms with Gasteiger partial charge in [0.2, 0.25) is 6.41 Å². The van der Waals surface area contributed by atoms with E-state index in [0.717, 1.165) is 0 Å².